The van der Waals surface area contributed by atoms with Crippen LogP contribution in [0.15, 0.2) is 52.9 Å². The fraction of sp³-hybridized carbons (Fsp3) is 0.250. The Morgan fingerprint density at radius 3 is 2.47 bits per heavy atom. The van der Waals surface area contributed by atoms with Crippen LogP contribution in [0.3, 0.4) is 0 Å². The van der Waals surface area contributed by atoms with Crippen molar-refractivity contribution < 1.29 is 13.6 Å². The molecule has 4 aromatic rings. The molecule has 0 fully saturated rings. The van der Waals surface area contributed by atoms with Gasteiger partial charge in [0.25, 0.3) is 5.91 Å². The molecule has 0 radical (unpaired) electrons. The van der Waals surface area contributed by atoms with Gasteiger partial charge >= 0.3 is 0 Å². The number of rotatable bonds is 6. The lowest BCUT2D eigenvalue weighted by atomic mass is 10.1. The van der Waals surface area contributed by atoms with Gasteiger partial charge in [-0.2, -0.15) is 0 Å². The summed E-state index contributed by atoms with van der Waals surface area (Å²) in [5, 5.41) is 11.1. The highest BCUT2D eigenvalue weighted by atomic mass is 19.1. The average molecular weight is 433 g/mol. The van der Waals surface area contributed by atoms with E-state index < -0.39 is 0 Å². The minimum absolute atomic E-state index is 0.235. The lowest BCUT2D eigenvalue weighted by Crippen LogP contribution is -2.27. The summed E-state index contributed by atoms with van der Waals surface area (Å²) in [6.45, 7) is 7.83. The zero-order valence-electron chi connectivity index (χ0n) is 18.4. The van der Waals surface area contributed by atoms with Crippen molar-refractivity contribution in [1.29, 1.82) is 0 Å². The Kier molecular flexibility index (Phi) is 5.85. The van der Waals surface area contributed by atoms with Crippen LogP contribution < -0.4 is 5.32 Å². The number of carbonyl (C=O) groups excluding carboxylic acids is 1. The summed E-state index contributed by atoms with van der Waals surface area (Å²) in [4.78, 5) is 17.3. The van der Waals surface area contributed by atoms with Crippen molar-refractivity contribution in [3.05, 3.63) is 88.3 Å². The fourth-order valence-corrected chi connectivity index (χ4v) is 3.36. The van der Waals surface area contributed by atoms with Gasteiger partial charge in [-0.3, -0.25) is 4.79 Å². The van der Waals surface area contributed by atoms with Crippen LogP contribution in [0.1, 0.15) is 51.7 Å². The molecule has 8 heteroatoms. The van der Waals surface area contributed by atoms with Crippen molar-refractivity contribution in [2.75, 3.05) is 0 Å². The van der Waals surface area contributed by atoms with E-state index in [1.807, 2.05) is 45.0 Å². The van der Waals surface area contributed by atoms with Crippen molar-refractivity contribution in [1.82, 2.24) is 25.3 Å². The maximum atomic E-state index is 13.1. The van der Waals surface area contributed by atoms with Crippen LogP contribution in [-0.4, -0.2) is 25.9 Å². The highest BCUT2D eigenvalue weighted by Crippen LogP contribution is 2.23. The number of aromatic nitrogens is 4. The highest BCUT2D eigenvalue weighted by molar-refractivity contribution is 5.93. The van der Waals surface area contributed by atoms with E-state index in [1.165, 1.54) is 12.1 Å². The molecule has 4 rings (SSSR count). The molecule has 1 amide bonds. The van der Waals surface area contributed by atoms with E-state index in [-0.39, 0.29) is 23.5 Å². The van der Waals surface area contributed by atoms with Gasteiger partial charge < -0.3 is 9.73 Å². The van der Waals surface area contributed by atoms with Gasteiger partial charge in [-0.05, 0) is 57.5 Å². The van der Waals surface area contributed by atoms with E-state index in [0.29, 0.717) is 23.9 Å². The molecule has 32 heavy (non-hydrogen) atoms. The number of carbonyl (C=O) groups is 1. The van der Waals surface area contributed by atoms with Gasteiger partial charge in [0, 0.05) is 5.56 Å². The summed E-state index contributed by atoms with van der Waals surface area (Å²) < 4.78 is 20.6. The molecule has 0 saturated carbocycles. The number of nitrogens with one attached hydrogen (secondary N) is 1. The molecule has 0 aliphatic carbocycles. The third kappa shape index (κ3) is 4.44. The molecule has 0 aliphatic heterocycles. The van der Waals surface area contributed by atoms with Crippen LogP contribution >= 0.6 is 0 Å². The number of hydrogen-bond donors (Lipinski definition) is 1. The molecule has 0 spiro atoms. The summed E-state index contributed by atoms with van der Waals surface area (Å²) in [5.41, 5.74) is 4.43. The minimum atomic E-state index is -0.345. The second-order valence-corrected chi connectivity index (χ2v) is 7.82. The van der Waals surface area contributed by atoms with Crippen molar-refractivity contribution in [2.24, 2.45) is 0 Å². The van der Waals surface area contributed by atoms with Gasteiger partial charge in [-0.15, -0.1) is 5.10 Å². The summed E-state index contributed by atoms with van der Waals surface area (Å²) in [5.74, 6) is 0.565. The first kappa shape index (κ1) is 21.4. The molecule has 2 aromatic heterocycles. The first-order valence-electron chi connectivity index (χ1n) is 10.3. The number of amides is 1. The molecular weight excluding hydrogens is 409 g/mol. The smallest absolute Gasteiger partial charge is 0.274 e. The summed E-state index contributed by atoms with van der Waals surface area (Å²) in [6.07, 6.45) is 0. The van der Waals surface area contributed by atoms with Gasteiger partial charge in [0.2, 0.25) is 5.89 Å². The second kappa shape index (κ2) is 8.74. The molecule has 2 heterocycles. The van der Waals surface area contributed by atoms with Crippen LogP contribution in [0.25, 0.3) is 11.5 Å². The van der Waals surface area contributed by atoms with Gasteiger partial charge in [-0.25, -0.2) is 14.1 Å². The average Bonchev–Trinajstić information content (AvgIpc) is 3.32. The maximum Gasteiger partial charge on any atom is 0.274 e. The maximum absolute atomic E-state index is 13.1. The standard InChI is InChI=1S/C24H24FN5O2/c1-14-5-7-19(8-6-14)24-27-21(17(4)32-24)13-30-16(3)22(28-29-30)23(31)26-15(2)18-9-11-20(25)12-10-18/h5-12,15H,13H2,1-4H3,(H,26,31)/t15-/m1/s1. The lowest BCUT2D eigenvalue weighted by molar-refractivity contribution is 0.0934. The third-order valence-electron chi connectivity index (χ3n) is 5.41. The molecule has 0 bridgehead atoms. The van der Waals surface area contributed by atoms with Crippen LogP contribution in [0.4, 0.5) is 4.39 Å². The van der Waals surface area contributed by atoms with E-state index in [0.717, 1.165) is 22.4 Å². The molecular formula is C24H24FN5O2. The normalized spacial score (nSPS) is 12.0. The van der Waals surface area contributed by atoms with E-state index in [2.05, 4.69) is 20.6 Å². The number of halogens is 1. The van der Waals surface area contributed by atoms with E-state index in [4.69, 9.17) is 4.42 Å². The van der Waals surface area contributed by atoms with Crippen molar-refractivity contribution in [3.63, 3.8) is 0 Å². The second-order valence-electron chi connectivity index (χ2n) is 7.82. The van der Waals surface area contributed by atoms with E-state index in [9.17, 15) is 9.18 Å². The Balaban J connectivity index is 1.49. The molecule has 0 saturated heterocycles. The van der Waals surface area contributed by atoms with E-state index >= 15 is 0 Å². The van der Waals surface area contributed by atoms with Gasteiger partial charge in [-0.1, -0.05) is 35.0 Å². The molecule has 7 nitrogen and oxygen atoms in total. The molecule has 1 N–H and O–H groups in total. The lowest BCUT2D eigenvalue weighted by Gasteiger charge is -2.13. The van der Waals surface area contributed by atoms with Gasteiger partial charge in [0.1, 0.15) is 17.3 Å². The number of benzene rings is 2. The van der Waals surface area contributed by atoms with Crippen molar-refractivity contribution >= 4 is 5.91 Å². The largest absolute Gasteiger partial charge is 0.441 e. The molecule has 2 aromatic carbocycles. The zero-order valence-corrected chi connectivity index (χ0v) is 18.4. The Labute approximate surface area is 185 Å². The Hall–Kier alpha value is -3.81. The number of nitrogens with zero attached hydrogens (tertiary/aromatic N) is 4. The monoisotopic (exact) mass is 433 g/mol. The molecule has 1 atom stereocenters. The highest BCUT2D eigenvalue weighted by Gasteiger charge is 2.20. The van der Waals surface area contributed by atoms with E-state index in [1.54, 1.807) is 23.7 Å². The van der Waals surface area contributed by atoms with Crippen LogP contribution in [0, 0.1) is 26.6 Å². The number of hydrogen-bond acceptors (Lipinski definition) is 5. The van der Waals surface area contributed by atoms with Gasteiger partial charge in [0.15, 0.2) is 5.69 Å². The first-order valence-corrected chi connectivity index (χ1v) is 10.3. The van der Waals surface area contributed by atoms with Crippen LogP contribution in [0.5, 0.6) is 0 Å². The topological polar surface area (TPSA) is 85.8 Å². The van der Waals surface area contributed by atoms with Crippen molar-refractivity contribution in [3.8, 4) is 11.5 Å². The Bertz CT molecular complexity index is 1240. The summed E-state index contributed by atoms with van der Waals surface area (Å²) in [7, 11) is 0. The number of oxazole rings is 1. The van der Waals surface area contributed by atoms with Crippen LogP contribution in [0.2, 0.25) is 0 Å². The predicted molar refractivity (Wildman–Crippen MR) is 118 cm³/mol. The zero-order chi connectivity index (χ0) is 22.8. The van der Waals surface area contributed by atoms with Crippen LogP contribution in [-0.2, 0) is 6.54 Å². The third-order valence-corrected chi connectivity index (χ3v) is 5.41. The molecule has 164 valence electrons. The van der Waals surface area contributed by atoms with Gasteiger partial charge in [0.05, 0.1) is 18.3 Å². The summed E-state index contributed by atoms with van der Waals surface area (Å²) in [6, 6.07) is 13.7. The Morgan fingerprint density at radius 2 is 1.78 bits per heavy atom. The Morgan fingerprint density at radius 1 is 1.09 bits per heavy atom. The number of aryl methyl sites for hydroxylation is 2. The SMILES string of the molecule is Cc1ccc(-c2nc(Cn3nnc(C(=O)N[C@H](C)c4ccc(F)cc4)c3C)c(C)o2)cc1. The minimum Gasteiger partial charge on any atom is -0.441 e. The first-order chi connectivity index (χ1) is 15.3. The predicted octanol–water partition coefficient (Wildman–Crippen LogP) is 4.54. The molecule has 0 aliphatic rings. The summed E-state index contributed by atoms with van der Waals surface area (Å²) >= 11 is 0. The quantitative estimate of drug-likeness (QED) is 0.483. The van der Waals surface area contributed by atoms with Crippen molar-refractivity contribution in [2.45, 2.75) is 40.3 Å². The fourth-order valence-electron chi connectivity index (χ4n) is 3.36. The molecule has 0 unspecified atom stereocenters.